The van der Waals surface area contributed by atoms with Gasteiger partial charge >= 0.3 is 6.09 Å². The fourth-order valence-corrected chi connectivity index (χ4v) is 12.2. The summed E-state index contributed by atoms with van der Waals surface area (Å²) in [7, 11) is -4.25. The van der Waals surface area contributed by atoms with Gasteiger partial charge in [0.05, 0.1) is 11.3 Å². The quantitative estimate of drug-likeness (QED) is 0.0130. The zero-order valence-corrected chi connectivity index (χ0v) is 50.8. The molecule has 0 saturated carbocycles. The van der Waals surface area contributed by atoms with E-state index in [1.165, 1.54) is 11.8 Å². The third kappa shape index (κ3) is 18.6. The summed E-state index contributed by atoms with van der Waals surface area (Å²) in [4.78, 5) is 114. The van der Waals surface area contributed by atoms with Gasteiger partial charge in [-0.25, -0.2) is 23.8 Å². The number of alkyl carbamates (subject to hydrolysis) is 1. The van der Waals surface area contributed by atoms with Crippen LogP contribution in [0.1, 0.15) is 140 Å². The molecular weight excluding hydrogens is 1100 g/mol. The van der Waals surface area contributed by atoms with E-state index in [0.29, 0.717) is 66.7 Å². The maximum Gasteiger partial charge on any atom is 0.408 e. The smallest absolute Gasteiger partial charge is 0.408 e. The lowest BCUT2D eigenvalue weighted by molar-refractivity contribution is -0.141. The van der Waals surface area contributed by atoms with Crippen molar-refractivity contribution < 1.29 is 56.2 Å². The molecule has 1 saturated heterocycles. The van der Waals surface area contributed by atoms with E-state index in [4.69, 9.17) is 26.8 Å². The second kappa shape index (κ2) is 29.6. The molecule has 5 rings (SSSR count). The first-order valence-electron chi connectivity index (χ1n) is 28.5. The normalized spacial score (nSPS) is 16.6. The number of hydrogen-bond donors (Lipinski definition) is 10. The zero-order chi connectivity index (χ0) is 62.3. The molecule has 2 heterocycles. The van der Waals surface area contributed by atoms with E-state index >= 15 is 0 Å². The molecule has 2 aliphatic heterocycles. The van der Waals surface area contributed by atoms with Crippen LogP contribution in [0.3, 0.4) is 0 Å². The second-order valence-corrected chi connectivity index (χ2v) is 24.9. The largest absolute Gasteiger partial charge is 0.487 e. The van der Waals surface area contributed by atoms with Gasteiger partial charge in [-0.2, -0.15) is 0 Å². The number of nitrogens with two attached hydrogens (primary N) is 3. The van der Waals surface area contributed by atoms with Crippen LogP contribution < -0.4 is 58.8 Å². The van der Waals surface area contributed by atoms with Gasteiger partial charge in [0.1, 0.15) is 47.7 Å². The Hall–Kier alpha value is -7.80. The number of aliphatic imine (C=N–C) groups is 1. The Labute approximate surface area is 492 Å². The first-order valence-corrected chi connectivity index (χ1v) is 29.9. The van der Waals surface area contributed by atoms with Crippen LogP contribution in [0.5, 0.6) is 5.75 Å². The first kappa shape index (κ1) is 67.0. The number of benzene rings is 3. The topological polar surface area (TPSA) is 367 Å². The first-order chi connectivity index (χ1) is 39.5. The molecule has 460 valence electrons. The van der Waals surface area contributed by atoms with Crippen molar-refractivity contribution in [3.8, 4) is 5.75 Å². The monoisotopic (exact) mass is 1190 g/mol. The Bertz CT molecular complexity index is 3030. The number of guanidine groups is 1. The molecular formula is C59H86N12O12S. The van der Waals surface area contributed by atoms with Crippen LogP contribution in [0.2, 0.25) is 0 Å². The molecule has 84 heavy (non-hydrogen) atoms. The van der Waals surface area contributed by atoms with Crippen molar-refractivity contribution in [3.63, 3.8) is 0 Å². The Morgan fingerprint density at radius 3 is 2.11 bits per heavy atom. The standard InChI is InChI=1S/C59H86N12O12S/c1-34(2)30-46(53(76)69-62)67-57(79)82-33-41-20-23-42(24-21-41)64-51(74)44(18-14-28-63-56(61)70-84(80,81)50-37(6)36(5)49-43(38(50)7)26-27-58(9,10)83-49)66-52(75)45(25-22-40-16-12-11-13-17-40)65-48(73)32-59(55(60)78,31-35(3)4)68-54(77)47-19-15-29-71(47)39(8)72/h11-13,16-17,20-21,23-24,34-35,44-47H,14-15,18-19,22,25-33,62H2,1-10H3,(H2,60,78)(H,64,74)(H,65,73)(H,66,75)(H,67,79)(H,68,77)(H,69,76)(H3,61,63,70)/t44-,45-,46+,47-,59-/m0/s1. The zero-order valence-electron chi connectivity index (χ0n) is 50.0. The molecule has 5 atom stereocenters. The summed E-state index contributed by atoms with van der Waals surface area (Å²) in [5.74, 6) is 0.548. The third-order valence-corrected chi connectivity index (χ3v) is 16.6. The average molecular weight is 1190 g/mol. The number of primary amides is 1. The van der Waals surface area contributed by atoms with Crippen LogP contribution >= 0.6 is 0 Å². The number of fused-ring (bicyclic) bond motifs is 1. The van der Waals surface area contributed by atoms with Crippen molar-refractivity contribution in [2.24, 2.45) is 34.1 Å². The van der Waals surface area contributed by atoms with Gasteiger partial charge in [0, 0.05) is 25.7 Å². The highest BCUT2D eigenvalue weighted by atomic mass is 32.2. The van der Waals surface area contributed by atoms with Gasteiger partial charge in [-0.3, -0.25) is 44.0 Å². The fourth-order valence-electron chi connectivity index (χ4n) is 10.7. The maximum atomic E-state index is 14.7. The number of amides is 8. The van der Waals surface area contributed by atoms with E-state index in [-0.39, 0.29) is 73.6 Å². The summed E-state index contributed by atoms with van der Waals surface area (Å²) < 4.78 is 42.0. The lowest BCUT2D eigenvalue weighted by atomic mass is 9.84. The number of hydrogen-bond acceptors (Lipinski definition) is 14. The number of likely N-dealkylation sites (tertiary alicyclic amines) is 1. The van der Waals surface area contributed by atoms with Crippen LogP contribution in [0.15, 0.2) is 64.5 Å². The van der Waals surface area contributed by atoms with Crippen molar-refractivity contribution in [3.05, 3.63) is 88.0 Å². The van der Waals surface area contributed by atoms with Gasteiger partial charge in [0.25, 0.3) is 15.9 Å². The number of sulfonamides is 1. The lowest BCUT2D eigenvalue weighted by Gasteiger charge is -2.35. The summed E-state index contributed by atoms with van der Waals surface area (Å²) >= 11 is 0. The molecule has 8 amide bonds. The number of rotatable bonds is 27. The number of nitrogens with one attached hydrogen (secondary N) is 7. The van der Waals surface area contributed by atoms with Crippen molar-refractivity contribution in [1.29, 1.82) is 0 Å². The predicted octanol–water partition coefficient (Wildman–Crippen LogP) is 3.75. The van der Waals surface area contributed by atoms with Crippen LogP contribution in [0.25, 0.3) is 0 Å². The van der Waals surface area contributed by atoms with Gasteiger partial charge in [0.2, 0.25) is 41.4 Å². The molecule has 0 unspecified atom stereocenters. The minimum Gasteiger partial charge on any atom is -0.487 e. The number of anilines is 1. The van der Waals surface area contributed by atoms with Crippen LogP contribution in [0, 0.1) is 32.6 Å². The SMILES string of the molecule is CC(=O)N1CCC[C@H]1C(=O)N[C@](CC(=O)N[C@@H](CCc1ccccc1)C(=O)N[C@@H](CCCN=C(N)NS(=O)(=O)c1c(C)c(C)c2c(c1C)CCC(C)(C)O2)C(=O)Nc1ccc(COC(=O)N[C@H](CC(C)C)C(=O)NN)cc1)(CC(C)C)C(N)=O. The average Bonchev–Trinajstić information content (AvgIpc) is 1.70. The fraction of sp³-hybridized carbons (Fsp3) is 0.542. The van der Waals surface area contributed by atoms with Gasteiger partial charge < -0.3 is 52.4 Å². The number of ether oxygens (including phenoxy) is 2. The molecule has 0 aliphatic carbocycles. The van der Waals surface area contributed by atoms with Gasteiger partial charge in [-0.1, -0.05) is 70.2 Å². The number of nitrogens with zero attached hydrogens (tertiary/aromatic N) is 2. The highest BCUT2D eigenvalue weighted by Crippen LogP contribution is 2.42. The minimum absolute atomic E-state index is 0.0144. The van der Waals surface area contributed by atoms with Crippen molar-refractivity contribution in [1.82, 2.24) is 36.3 Å². The molecule has 0 spiro atoms. The lowest BCUT2D eigenvalue weighted by Crippen LogP contribution is -2.63. The Morgan fingerprint density at radius 2 is 1.49 bits per heavy atom. The van der Waals surface area contributed by atoms with E-state index in [1.807, 2.05) is 70.4 Å². The van der Waals surface area contributed by atoms with E-state index in [0.717, 1.165) is 11.1 Å². The molecule has 0 radical (unpaired) electrons. The van der Waals surface area contributed by atoms with E-state index in [9.17, 15) is 46.8 Å². The summed E-state index contributed by atoms with van der Waals surface area (Å²) in [6.07, 6.45) is 1.23. The van der Waals surface area contributed by atoms with Crippen molar-refractivity contribution >= 4 is 69.1 Å². The summed E-state index contributed by atoms with van der Waals surface area (Å²) in [6, 6.07) is 11.0. The van der Waals surface area contributed by atoms with Gasteiger partial charge in [0.15, 0.2) is 0 Å². The molecule has 24 nitrogen and oxygen atoms in total. The summed E-state index contributed by atoms with van der Waals surface area (Å²) in [5, 5.41) is 13.6. The maximum absolute atomic E-state index is 14.7. The number of carbonyl (C=O) groups is 8. The number of aryl methyl sites for hydroxylation is 1. The van der Waals surface area contributed by atoms with Gasteiger partial charge in [-0.15, -0.1) is 0 Å². The molecule has 1 fully saturated rings. The summed E-state index contributed by atoms with van der Waals surface area (Å²) in [6.45, 7) is 17.9. The molecule has 25 heteroatoms. The molecule has 0 bridgehead atoms. The highest BCUT2D eigenvalue weighted by Gasteiger charge is 2.45. The Balaban J connectivity index is 1.39. The molecule has 13 N–H and O–H groups in total. The van der Waals surface area contributed by atoms with Crippen LogP contribution in [0.4, 0.5) is 10.5 Å². The highest BCUT2D eigenvalue weighted by molar-refractivity contribution is 7.90. The number of carbonyl (C=O) groups excluding carboxylic acids is 8. The van der Waals surface area contributed by atoms with Gasteiger partial charge in [-0.05, 0) is 156 Å². The molecule has 3 aromatic carbocycles. The second-order valence-electron chi connectivity index (χ2n) is 23.3. The van der Waals surface area contributed by atoms with E-state index < -0.39 is 99.2 Å². The summed E-state index contributed by atoms with van der Waals surface area (Å²) in [5.41, 5.74) is 16.1. The van der Waals surface area contributed by atoms with E-state index in [1.54, 1.807) is 52.0 Å². The van der Waals surface area contributed by atoms with Crippen molar-refractivity contribution in [2.45, 2.75) is 187 Å². The van der Waals surface area contributed by atoms with E-state index in [2.05, 4.69) is 36.3 Å². The van der Waals surface area contributed by atoms with Crippen LogP contribution in [-0.4, -0.2) is 115 Å². The molecule has 0 aromatic heterocycles. The Kier molecular flexibility index (Phi) is 23.6. The predicted molar refractivity (Wildman–Crippen MR) is 317 cm³/mol. The molecule has 2 aliphatic rings. The Morgan fingerprint density at radius 1 is 0.821 bits per heavy atom. The van der Waals surface area contributed by atoms with Crippen molar-refractivity contribution in [2.75, 3.05) is 18.4 Å². The number of hydrazine groups is 1. The minimum atomic E-state index is -4.25. The molecule has 3 aromatic rings. The third-order valence-electron chi connectivity index (χ3n) is 15.0. The van der Waals surface area contributed by atoms with Crippen LogP contribution in [-0.2, 0) is 67.8 Å².